The highest BCUT2D eigenvalue weighted by Crippen LogP contribution is 2.27. The van der Waals surface area contributed by atoms with Crippen LogP contribution in [0.3, 0.4) is 0 Å². The lowest BCUT2D eigenvalue weighted by Gasteiger charge is -2.41. The molecule has 2 aliphatic rings. The van der Waals surface area contributed by atoms with Crippen LogP contribution < -0.4 is 5.32 Å². The molecule has 2 fully saturated rings. The fraction of sp³-hybridized carbons (Fsp3) is 1.00. The summed E-state index contributed by atoms with van der Waals surface area (Å²) < 4.78 is 0. The van der Waals surface area contributed by atoms with Gasteiger partial charge in [-0.25, -0.2) is 0 Å². The molecule has 1 saturated heterocycles. The molecule has 19 heavy (non-hydrogen) atoms. The maximum Gasteiger partial charge on any atom is 0.0353 e. The van der Waals surface area contributed by atoms with Gasteiger partial charge < -0.3 is 10.2 Å². The highest BCUT2D eigenvalue weighted by Gasteiger charge is 2.32. The molecule has 0 aromatic rings. The fourth-order valence-corrected chi connectivity index (χ4v) is 3.99. The first kappa shape index (κ1) is 15.3. The van der Waals surface area contributed by atoms with Gasteiger partial charge in [-0.15, -0.1) is 0 Å². The Morgan fingerprint density at radius 2 is 1.74 bits per heavy atom. The van der Waals surface area contributed by atoms with Gasteiger partial charge in [0.15, 0.2) is 0 Å². The molecule has 3 heteroatoms. The van der Waals surface area contributed by atoms with Crippen molar-refractivity contribution in [1.29, 1.82) is 0 Å². The van der Waals surface area contributed by atoms with Gasteiger partial charge in [-0.3, -0.25) is 4.90 Å². The third-order valence-electron chi connectivity index (χ3n) is 4.87. The van der Waals surface area contributed by atoms with E-state index in [1.165, 1.54) is 64.6 Å². The molecule has 2 unspecified atom stereocenters. The molecule has 0 amide bonds. The Kier molecular flexibility index (Phi) is 6.11. The standard InChI is InChI=1S/C16H33N3/c1-14-10-11-17-12-16(13-18(2)3)19(14)15-8-6-4-5-7-9-15/h14-17H,4-13H2,1-3H3. The third kappa shape index (κ3) is 4.44. The maximum absolute atomic E-state index is 3.65. The van der Waals surface area contributed by atoms with Crippen LogP contribution in [-0.4, -0.2) is 61.7 Å². The van der Waals surface area contributed by atoms with Gasteiger partial charge in [0.2, 0.25) is 0 Å². The van der Waals surface area contributed by atoms with Crippen molar-refractivity contribution in [2.75, 3.05) is 33.7 Å². The summed E-state index contributed by atoms with van der Waals surface area (Å²) in [6, 6.07) is 2.26. The smallest absolute Gasteiger partial charge is 0.0353 e. The van der Waals surface area contributed by atoms with Crippen LogP contribution >= 0.6 is 0 Å². The second kappa shape index (κ2) is 7.61. The Balaban J connectivity index is 2.07. The van der Waals surface area contributed by atoms with Crippen molar-refractivity contribution in [3.63, 3.8) is 0 Å². The van der Waals surface area contributed by atoms with Crippen molar-refractivity contribution in [3.8, 4) is 0 Å². The first-order chi connectivity index (χ1) is 9.18. The zero-order chi connectivity index (χ0) is 13.7. The SMILES string of the molecule is CC1CCNCC(CN(C)C)N1C1CCCCCC1. The largest absolute Gasteiger partial charge is 0.315 e. The van der Waals surface area contributed by atoms with E-state index in [9.17, 15) is 0 Å². The highest BCUT2D eigenvalue weighted by atomic mass is 15.3. The normalized spacial score (nSPS) is 32.2. The van der Waals surface area contributed by atoms with Gasteiger partial charge >= 0.3 is 0 Å². The lowest BCUT2D eigenvalue weighted by atomic mass is 10.0. The van der Waals surface area contributed by atoms with Gasteiger partial charge in [0.05, 0.1) is 0 Å². The average molecular weight is 267 g/mol. The summed E-state index contributed by atoms with van der Waals surface area (Å²) in [5.74, 6) is 0. The monoisotopic (exact) mass is 267 g/mol. The van der Waals surface area contributed by atoms with Crippen molar-refractivity contribution in [2.24, 2.45) is 0 Å². The summed E-state index contributed by atoms with van der Waals surface area (Å²) in [5, 5.41) is 3.65. The molecular weight excluding hydrogens is 234 g/mol. The zero-order valence-corrected chi connectivity index (χ0v) is 13.2. The first-order valence-corrected chi connectivity index (χ1v) is 8.31. The van der Waals surface area contributed by atoms with E-state index in [4.69, 9.17) is 0 Å². The fourth-order valence-electron chi connectivity index (χ4n) is 3.99. The minimum absolute atomic E-state index is 0.690. The van der Waals surface area contributed by atoms with Crippen LogP contribution in [0.1, 0.15) is 51.9 Å². The lowest BCUT2D eigenvalue weighted by Crippen LogP contribution is -2.53. The molecule has 1 saturated carbocycles. The molecule has 1 N–H and O–H groups in total. The highest BCUT2D eigenvalue weighted by molar-refractivity contribution is 4.89. The molecule has 2 rings (SSSR count). The van der Waals surface area contributed by atoms with Crippen LogP contribution in [0.15, 0.2) is 0 Å². The van der Waals surface area contributed by atoms with E-state index >= 15 is 0 Å². The summed E-state index contributed by atoms with van der Waals surface area (Å²) >= 11 is 0. The molecule has 0 aromatic heterocycles. The van der Waals surface area contributed by atoms with E-state index in [1.807, 2.05) is 0 Å². The van der Waals surface area contributed by atoms with E-state index in [1.54, 1.807) is 0 Å². The molecule has 0 radical (unpaired) electrons. The van der Waals surface area contributed by atoms with Crippen LogP contribution in [0.25, 0.3) is 0 Å². The molecule has 3 nitrogen and oxygen atoms in total. The topological polar surface area (TPSA) is 18.5 Å². The van der Waals surface area contributed by atoms with Crippen molar-refractivity contribution >= 4 is 0 Å². The molecule has 0 aromatic carbocycles. The van der Waals surface area contributed by atoms with E-state index in [0.29, 0.717) is 6.04 Å². The predicted octanol–water partition coefficient (Wildman–Crippen LogP) is 2.32. The number of hydrogen-bond acceptors (Lipinski definition) is 3. The minimum atomic E-state index is 0.690. The minimum Gasteiger partial charge on any atom is -0.315 e. The summed E-state index contributed by atoms with van der Waals surface area (Å²) in [6.45, 7) is 5.99. The quantitative estimate of drug-likeness (QED) is 0.792. The van der Waals surface area contributed by atoms with Crippen molar-refractivity contribution in [1.82, 2.24) is 15.1 Å². The van der Waals surface area contributed by atoms with Crippen LogP contribution in [-0.2, 0) is 0 Å². The first-order valence-electron chi connectivity index (χ1n) is 8.31. The Bertz CT molecular complexity index is 246. The van der Waals surface area contributed by atoms with E-state index in [0.717, 1.165) is 12.1 Å². The number of nitrogens with one attached hydrogen (secondary N) is 1. The number of rotatable bonds is 3. The Hall–Kier alpha value is -0.120. The van der Waals surface area contributed by atoms with Gasteiger partial charge in [0.1, 0.15) is 0 Å². The predicted molar refractivity (Wildman–Crippen MR) is 82.6 cm³/mol. The van der Waals surface area contributed by atoms with Crippen LogP contribution in [0.4, 0.5) is 0 Å². The molecule has 0 bridgehead atoms. The molecule has 112 valence electrons. The van der Waals surface area contributed by atoms with Gasteiger partial charge in [0, 0.05) is 31.2 Å². The second-order valence-corrected chi connectivity index (χ2v) is 6.85. The Morgan fingerprint density at radius 3 is 2.37 bits per heavy atom. The molecule has 1 aliphatic carbocycles. The molecule has 2 atom stereocenters. The van der Waals surface area contributed by atoms with Gasteiger partial charge in [-0.1, -0.05) is 25.7 Å². The molecule has 0 spiro atoms. The lowest BCUT2D eigenvalue weighted by molar-refractivity contribution is 0.0696. The van der Waals surface area contributed by atoms with Gasteiger partial charge in [-0.05, 0) is 46.8 Å². The number of likely N-dealkylation sites (N-methyl/N-ethyl adjacent to an activating group) is 1. The van der Waals surface area contributed by atoms with Gasteiger partial charge in [-0.2, -0.15) is 0 Å². The average Bonchev–Trinajstić information content (AvgIpc) is 2.70. The molecular formula is C16H33N3. The zero-order valence-electron chi connectivity index (χ0n) is 13.2. The summed E-state index contributed by atoms with van der Waals surface area (Å²) in [7, 11) is 4.42. The second-order valence-electron chi connectivity index (χ2n) is 6.85. The van der Waals surface area contributed by atoms with E-state index in [2.05, 4.69) is 36.1 Å². The Morgan fingerprint density at radius 1 is 1.05 bits per heavy atom. The van der Waals surface area contributed by atoms with Crippen LogP contribution in [0, 0.1) is 0 Å². The van der Waals surface area contributed by atoms with Crippen molar-refractivity contribution < 1.29 is 0 Å². The van der Waals surface area contributed by atoms with Gasteiger partial charge in [0.25, 0.3) is 0 Å². The molecule has 1 aliphatic heterocycles. The molecule has 1 heterocycles. The summed E-state index contributed by atoms with van der Waals surface area (Å²) in [4.78, 5) is 5.24. The number of hydrogen-bond donors (Lipinski definition) is 1. The number of nitrogens with zero attached hydrogens (tertiary/aromatic N) is 2. The van der Waals surface area contributed by atoms with Crippen molar-refractivity contribution in [2.45, 2.75) is 70.0 Å². The summed E-state index contributed by atoms with van der Waals surface area (Å²) in [5.41, 5.74) is 0. The van der Waals surface area contributed by atoms with Crippen LogP contribution in [0.2, 0.25) is 0 Å². The van der Waals surface area contributed by atoms with Crippen LogP contribution in [0.5, 0.6) is 0 Å². The third-order valence-corrected chi connectivity index (χ3v) is 4.87. The van der Waals surface area contributed by atoms with Crippen molar-refractivity contribution in [3.05, 3.63) is 0 Å². The summed E-state index contributed by atoms with van der Waals surface area (Å²) in [6.07, 6.45) is 9.94. The van der Waals surface area contributed by atoms with E-state index < -0.39 is 0 Å². The van der Waals surface area contributed by atoms with E-state index in [-0.39, 0.29) is 0 Å². The Labute approximate surface area is 119 Å². The maximum atomic E-state index is 3.65.